The van der Waals surface area contributed by atoms with Crippen molar-refractivity contribution in [2.24, 2.45) is 5.92 Å². The maximum absolute atomic E-state index is 13.3. The van der Waals surface area contributed by atoms with E-state index in [0.29, 0.717) is 53.7 Å². The van der Waals surface area contributed by atoms with Crippen molar-refractivity contribution in [2.75, 3.05) is 18.0 Å². The summed E-state index contributed by atoms with van der Waals surface area (Å²) in [7, 11) is 0. The van der Waals surface area contributed by atoms with Crippen LogP contribution in [0.4, 0.5) is 5.82 Å². The van der Waals surface area contributed by atoms with E-state index in [2.05, 4.69) is 9.97 Å². The van der Waals surface area contributed by atoms with Crippen molar-refractivity contribution in [2.45, 2.75) is 26.0 Å². The molecule has 0 radical (unpaired) electrons. The zero-order valence-corrected chi connectivity index (χ0v) is 18.7. The Bertz CT molecular complexity index is 1270. The van der Waals surface area contributed by atoms with Gasteiger partial charge in [0.2, 0.25) is 12.1 Å². The van der Waals surface area contributed by atoms with Gasteiger partial charge in [0.25, 0.3) is 5.91 Å². The minimum absolute atomic E-state index is 0.000555. The lowest BCUT2D eigenvalue weighted by molar-refractivity contribution is -0.156. The van der Waals surface area contributed by atoms with Gasteiger partial charge in [-0.15, -0.1) is 0 Å². The minimum atomic E-state index is -0.934. The molecule has 33 heavy (non-hydrogen) atoms. The fourth-order valence-electron chi connectivity index (χ4n) is 4.36. The SMILES string of the molecule is CC(=O)N1CCC(C(=O)OC2c3ccccc3C(=O)N2c2ccc3ccc(Cl)nc3n2)CC1. The fourth-order valence-corrected chi connectivity index (χ4v) is 4.50. The number of halogens is 1. The Morgan fingerprint density at radius 1 is 1.03 bits per heavy atom. The van der Waals surface area contributed by atoms with Crippen molar-refractivity contribution >= 4 is 46.2 Å². The molecule has 0 saturated carbocycles. The number of pyridine rings is 2. The van der Waals surface area contributed by atoms with Crippen LogP contribution in [0, 0.1) is 5.92 Å². The lowest BCUT2D eigenvalue weighted by atomic mass is 9.97. The second kappa shape index (κ2) is 8.44. The lowest BCUT2D eigenvalue weighted by Gasteiger charge is -2.31. The van der Waals surface area contributed by atoms with Crippen LogP contribution in [0.1, 0.15) is 41.9 Å². The molecule has 2 aliphatic heterocycles. The molecule has 2 aliphatic rings. The highest BCUT2D eigenvalue weighted by Gasteiger charge is 2.42. The predicted molar refractivity (Wildman–Crippen MR) is 122 cm³/mol. The number of amides is 2. The van der Waals surface area contributed by atoms with E-state index >= 15 is 0 Å². The number of carbonyl (C=O) groups excluding carboxylic acids is 3. The predicted octanol–water partition coefficient (Wildman–Crippen LogP) is 3.74. The highest BCUT2D eigenvalue weighted by molar-refractivity contribution is 6.29. The molecule has 0 spiro atoms. The number of piperidine rings is 1. The van der Waals surface area contributed by atoms with E-state index < -0.39 is 6.23 Å². The molecule has 168 valence electrons. The molecule has 0 bridgehead atoms. The second-order valence-corrected chi connectivity index (χ2v) is 8.57. The van der Waals surface area contributed by atoms with Crippen LogP contribution in [-0.2, 0) is 14.3 Å². The number of ether oxygens (including phenoxy) is 1. The van der Waals surface area contributed by atoms with Gasteiger partial charge in [0, 0.05) is 36.5 Å². The number of fused-ring (bicyclic) bond motifs is 2. The van der Waals surface area contributed by atoms with Crippen molar-refractivity contribution in [3.8, 4) is 0 Å². The first-order chi connectivity index (χ1) is 15.9. The first-order valence-corrected chi connectivity index (χ1v) is 11.1. The van der Waals surface area contributed by atoms with Crippen molar-refractivity contribution in [3.05, 3.63) is 64.8 Å². The summed E-state index contributed by atoms with van der Waals surface area (Å²) in [6.07, 6.45) is 0.116. The van der Waals surface area contributed by atoms with Crippen LogP contribution in [0.25, 0.3) is 11.0 Å². The van der Waals surface area contributed by atoms with Crippen LogP contribution in [-0.4, -0.2) is 45.7 Å². The molecule has 9 heteroatoms. The largest absolute Gasteiger partial charge is 0.436 e. The molecule has 5 rings (SSSR count). The summed E-state index contributed by atoms with van der Waals surface area (Å²) >= 11 is 6.02. The number of nitrogens with zero attached hydrogens (tertiary/aromatic N) is 4. The Morgan fingerprint density at radius 3 is 2.52 bits per heavy atom. The first kappa shape index (κ1) is 21.3. The number of rotatable bonds is 3. The Kier molecular flexibility index (Phi) is 5.46. The third-order valence-corrected chi connectivity index (χ3v) is 6.37. The zero-order valence-electron chi connectivity index (χ0n) is 17.9. The van der Waals surface area contributed by atoms with Gasteiger partial charge in [0.05, 0.1) is 5.92 Å². The maximum atomic E-state index is 13.3. The summed E-state index contributed by atoms with van der Waals surface area (Å²) in [4.78, 5) is 49.8. The van der Waals surface area contributed by atoms with E-state index in [1.54, 1.807) is 53.4 Å². The number of hydrogen-bond donors (Lipinski definition) is 0. The summed E-state index contributed by atoms with van der Waals surface area (Å²) in [5.74, 6) is -0.708. The van der Waals surface area contributed by atoms with Gasteiger partial charge in [0.15, 0.2) is 5.65 Å². The van der Waals surface area contributed by atoms with Gasteiger partial charge >= 0.3 is 5.97 Å². The molecular weight excluding hydrogens is 444 g/mol. The summed E-state index contributed by atoms with van der Waals surface area (Å²) in [5, 5.41) is 1.07. The average molecular weight is 465 g/mol. The molecular formula is C24H21ClN4O4. The number of benzene rings is 1. The summed E-state index contributed by atoms with van der Waals surface area (Å²) in [5.41, 5.74) is 1.46. The van der Waals surface area contributed by atoms with Crippen molar-refractivity contribution in [3.63, 3.8) is 0 Å². The molecule has 8 nitrogen and oxygen atoms in total. The lowest BCUT2D eigenvalue weighted by Crippen LogP contribution is -2.40. The van der Waals surface area contributed by atoms with Crippen molar-refractivity contribution in [1.82, 2.24) is 14.9 Å². The van der Waals surface area contributed by atoms with E-state index in [1.807, 2.05) is 0 Å². The number of esters is 1. The first-order valence-electron chi connectivity index (χ1n) is 10.7. The van der Waals surface area contributed by atoms with Crippen molar-refractivity contribution in [1.29, 1.82) is 0 Å². The molecule has 1 saturated heterocycles. The van der Waals surface area contributed by atoms with E-state index in [1.165, 1.54) is 11.8 Å². The van der Waals surface area contributed by atoms with Crippen LogP contribution in [0.5, 0.6) is 0 Å². The van der Waals surface area contributed by atoms with E-state index in [-0.39, 0.29) is 23.7 Å². The average Bonchev–Trinajstić information content (AvgIpc) is 3.10. The van der Waals surface area contributed by atoms with E-state index in [4.69, 9.17) is 16.3 Å². The monoisotopic (exact) mass is 464 g/mol. The molecule has 0 N–H and O–H groups in total. The Labute approximate surface area is 195 Å². The molecule has 1 aromatic carbocycles. The number of aromatic nitrogens is 2. The topological polar surface area (TPSA) is 92.7 Å². The van der Waals surface area contributed by atoms with E-state index in [0.717, 1.165) is 5.39 Å². The quantitative estimate of drug-likeness (QED) is 0.433. The normalized spacial score (nSPS) is 18.5. The second-order valence-electron chi connectivity index (χ2n) is 8.18. The smallest absolute Gasteiger partial charge is 0.311 e. The van der Waals surface area contributed by atoms with Gasteiger partial charge in [-0.25, -0.2) is 9.97 Å². The zero-order chi connectivity index (χ0) is 23.1. The van der Waals surface area contributed by atoms with Crippen LogP contribution < -0.4 is 4.90 Å². The minimum Gasteiger partial charge on any atom is -0.436 e. The Hall–Kier alpha value is -3.52. The standard InChI is InChI=1S/C24H21ClN4O4/c1-14(30)28-12-10-16(11-13-28)24(32)33-23-18-5-3-2-4-17(18)22(31)29(23)20-9-7-15-6-8-19(25)26-21(15)27-20/h2-9,16,23H,10-13H2,1H3. The molecule has 4 heterocycles. The maximum Gasteiger partial charge on any atom is 0.311 e. The summed E-state index contributed by atoms with van der Waals surface area (Å²) in [6.45, 7) is 2.55. The highest BCUT2D eigenvalue weighted by Crippen LogP contribution is 2.39. The molecule has 3 aromatic rings. The van der Waals surface area contributed by atoms with Gasteiger partial charge in [-0.3, -0.25) is 19.3 Å². The fraction of sp³-hybridized carbons (Fsp3) is 0.292. The number of carbonyl (C=O) groups is 3. The van der Waals surface area contributed by atoms with Gasteiger partial charge in [0.1, 0.15) is 11.0 Å². The Balaban J connectivity index is 1.45. The van der Waals surface area contributed by atoms with Crippen LogP contribution in [0.2, 0.25) is 5.15 Å². The van der Waals surface area contributed by atoms with Crippen LogP contribution in [0.15, 0.2) is 48.5 Å². The van der Waals surface area contributed by atoms with E-state index in [9.17, 15) is 14.4 Å². The molecule has 2 amide bonds. The van der Waals surface area contributed by atoms with Gasteiger partial charge in [-0.1, -0.05) is 29.8 Å². The summed E-state index contributed by atoms with van der Waals surface area (Å²) in [6, 6.07) is 14.0. The summed E-state index contributed by atoms with van der Waals surface area (Å²) < 4.78 is 5.92. The van der Waals surface area contributed by atoms with Crippen LogP contribution in [0.3, 0.4) is 0 Å². The third kappa shape index (κ3) is 3.91. The molecule has 1 atom stereocenters. The molecule has 1 unspecified atom stereocenters. The number of hydrogen-bond acceptors (Lipinski definition) is 6. The highest BCUT2D eigenvalue weighted by atomic mass is 35.5. The van der Waals surface area contributed by atoms with Gasteiger partial charge < -0.3 is 9.64 Å². The molecule has 1 fully saturated rings. The molecule has 0 aliphatic carbocycles. The van der Waals surface area contributed by atoms with Gasteiger partial charge in [-0.05, 0) is 43.2 Å². The third-order valence-electron chi connectivity index (χ3n) is 6.16. The van der Waals surface area contributed by atoms with Crippen LogP contribution >= 0.6 is 11.6 Å². The molecule has 2 aromatic heterocycles. The number of anilines is 1. The number of likely N-dealkylation sites (tertiary alicyclic amines) is 1. The Morgan fingerprint density at radius 2 is 1.76 bits per heavy atom. The van der Waals surface area contributed by atoms with Gasteiger partial charge in [-0.2, -0.15) is 0 Å². The van der Waals surface area contributed by atoms with Crippen molar-refractivity contribution < 1.29 is 19.1 Å².